The van der Waals surface area contributed by atoms with Gasteiger partial charge in [0.15, 0.2) is 0 Å². The highest BCUT2D eigenvalue weighted by Crippen LogP contribution is 2.37. The summed E-state index contributed by atoms with van der Waals surface area (Å²) < 4.78 is 14.2. The summed E-state index contributed by atoms with van der Waals surface area (Å²) >= 11 is 0. The van der Waals surface area contributed by atoms with Crippen LogP contribution in [0.15, 0.2) is 18.2 Å². The first-order valence-electron chi connectivity index (χ1n) is 7.22. The molecule has 0 saturated heterocycles. The van der Waals surface area contributed by atoms with E-state index in [2.05, 4.69) is 19.0 Å². The number of likely N-dealkylation sites (N-methyl/N-ethyl adjacent to an activating group) is 2. The summed E-state index contributed by atoms with van der Waals surface area (Å²) in [4.78, 5) is 4.25. The quantitative estimate of drug-likeness (QED) is 0.898. The molecule has 20 heavy (non-hydrogen) atoms. The Morgan fingerprint density at radius 3 is 2.35 bits per heavy atom. The first-order chi connectivity index (χ1) is 9.35. The molecule has 0 amide bonds. The van der Waals surface area contributed by atoms with E-state index in [0.29, 0.717) is 11.3 Å². The van der Waals surface area contributed by atoms with Crippen LogP contribution in [-0.2, 0) is 0 Å². The Morgan fingerprint density at radius 2 is 1.95 bits per heavy atom. The Hall–Kier alpha value is -1.13. The van der Waals surface area contributed by atoms with Crippen molar-refractivity contribution in [3.8, 4) is 0 Å². The molecule has 0 unspecified atom stereocenters. The molecule has 0 aliphatic heterocycles. The lowest BCUT2D eigenvalue weighted by Crippen LogP contribution is -2.56. The molecule has 1 aliphatic rings. The normalized spacial score (nSPS) is 18.8. The molecule has 1 atom stereocenters. The van der Waals surface area contributed by atoms with Crippen LogP contribution >= 0.6 is 0 Å². The third-order valence-electron chi connectivity index (χ3n) is 4.63. The molecular weight excluding hydrogens is 255 g/mol. The molecule has 0 radical (unpaired) electrons. The molecule has 2 rings (SSSR count). The van der Waals surface area contributed by atoms with Gasteiger partial charge in [-0.25, -0.2) is 4.39 Å². The van der Waals surface area contributed by atoms with Gasteiger partial charge in [0.1, 0.15) is 5.82 Å². The fourth-order valence-electron chi connectivity index (χ4n) is 2.95. The van der Waals surface area contributed by atoms with Crippen LogP contribution in [0.4, 0.5) is 10.1 Å². The van der Waals surface area contributed by atoms with Gasteiger partial charge in [-0.3, -0.25) is 0 Å². The highest BCUT2D eigenvalue weighted by atomic mass is 19.1. The summed E-state index contributed by atoms with van der Waals surface area (Å²) in [6, 6.07) is 4.99. The summed E-state index contributed by atoms with van der Waals surface area (Å²) in [5, 5.41) is 9.50. The second kappa shape index (κ2) is 5.70. The Kier molecular flexibility index (Phi) is 4.35. The van der Waals surface area contributed by atoms with E-state index in [-0.39, 0.29) is 11.4 Å². The zero-order chi connectivity index (χ0) is 14.9. The van der Waals surface area contributed by atoms with Crippen LogP contribution in [0.1, 0.15) is 37.9 Å². The van der Waals surface area contributed by atoms with Gasteiger partial charge in [0.2, 0.25) is 0 Å². The molecule has 3 nitrogen and oxygen atoms in total. The van der Waals surface area contributed by atoms with Crippen LogP contribution in [0.25, 0.3) is 0 Å². The summed E-state index contributed by atoms with van der Waals surface area (Å²) in [5.74, 6) is -0.265. The van der Waals surface area contributed by atoms with E-state index in [1.54, 1.807) is 19.1 Å². The molecule has 0 spiro atoms. The standard InChI is InChI=1S/C16H25FN2O/c1-12(20)13-6-7-15(14(17)10-13)19(4)11-16(18(2)3)8-5-9-16/h6-7,10,12,20H,5,8-9,11H2,1-4H3/t12-/m0/s1. The lowest BCUT2D eigenvalue weighted by molar-refractivity contribution is 0.0682. The van der Waals surface area contributed by atoms with Crippen LogP contribution in [0.5, 0.6) is 0 Å². The molecule has 1 N–H and O–H groups in total. The Labute approximate surface area is 121 Å². The van der Waals surface area contributed by atoms with Gasteiger partial charge in [0.25, 0.3) is 0 Å². The summed E-state index contributed by atoms with van der Waals surface area (Å²) in [7, 11) is 6.13. The molecule has 1 aromatic rings. The zero-order valence-electron chi connectivity index (χ0n) is 12.9. The number of hydrogen-bond acceptors (Lipinski definition) is 3. The first-order valence-corrected chi connectivity index (χ1v) is 7.22. The van der Waals surface area contributed by atoms with Gasteiger partial charge in [-0.1, -0.05) is 6.07 Å². The first kappa shape index (κ1) is 15.3. The maximum absolute atomic E-state index is 14.2. The third-order valence-corrected chi connectivity index (χ3v) is 4.63. The van der Waals surface area contributed by atoms with E-state index in [1.165, 1.54) is 12.5 Å². The van der Waals surface area contributed by atoms with Crippen LogP contribution in [0.3, 0.4) is 0 Å². The summed E-state index contributed by atoms with van der Waals surface area (Å²) in [6.45, 7) is 2.47. The van der Waals surface area contributed by atoms with E-state index < -0.39 is 6.10 Å². The molecule has 1 saturated carbocycles. The molecule has 1 fully saturated rings. The summed E-state index contributed by atoms with van der Waals surface area (Å²) in [6.07, 6.45) is 2.94. The van der Waals surface area contributed by atoms with Crippen molar-refractivity contribution in [1.82, 2.24) is 4.90 Å². The number of nitrogens with zero attached hydrogens (tertiary/aromatic N) is 2. The number of halogens is 1. The van der Waals surface area contributed by atoms with Crippen LogP contribution in [-0.4, -0.2) is 43.2 Å². The highest BCUT2D eigenvalue weighted by Gasteiger charge is 2.40. The zero-order valence-corrected chi connectivity index (χ0v) is 12.9. The SMILES string of the molecule is C[C@H](O)c1ccc(N(C)CC2(N(C)C)CCC2)c(F)c1. The average molecular weight is 280 g/mol. The van der Waals surface area contributed by atoms with E-state index in [1.807, 2.05) is 11.9 Å². The van der Waals surface area contributed by atoms with Crippen LogP contribution in [0, 0.1) is 5.82 Å². The van der Waals surface area contributed by atoms with Crippen molar-refractivity contribution < 1.29 is 9.50 Å². The van der Waals surface area contributed by atoms with Crippen molar-refractivity contribution in [3.05, 3.63) is 29.6 Å². The molecule has 112 valence electrons. The topological polar surface area (TPSA) is 26.7 Å². The van der Waals surface area contributed by atoms with Crippen molar-refractivity contribution in [2.45, 2.75) is 37.8 Å². The minimum absolute atomic E-state index is 0.171. The van der Waals surface area contributed by atoms with Crippen molar-refractivity contribution in [1.29, 1.82) is 0 Å². The fourth-order valence-corrected chi connectivity index (χ4v) is 2.95. The van der Waals surface area contributed by atoms with Gasteiger partial charge < -0.3 is 14.9 Å². The highest BCUT2D eigenvalue weighted by molar-refractivity contribution is 5.49. The Bertz CT molecular complexity index is 470. The predicted octanol–water partition coefficient (Wildman–Crippen LogP) is 2.80. The average Bonchev–Trinajstić information content (AvgIpc) is 2.32. The van der Waals surface area contributed by atoms with Crippen LogP contribution < -0.4 is 4.90 Å². The number of aliphatic hydroxyl groups excluding tert-OH is 1. The monoisotopic (exact) mass is 280 g/mol. The fraction of sp³-hybridized carbons (Fsp3) is 0.625. The lowest BCUT2D eigenvalue weighted by atomic mass is 9.75. The molecule has 0 bridgehead atoms. The Balaban J connectivity index is 2.15. The summed E-state index contributed by atoms with van der Waals surface area (Å²) in [5.41, 5.74) is 1.39. The number of benzene rings is 1. The number of hydrogen-bond donors (Lipinski definition) is 1. The maximum atomic E-state index is 14.2. The molecular formula is C16H25FN2O. The maximum Gasteiger partial charge on any atom is 0.146 e. The minimum Gasteiger partial charge on any atom is -0.389 e. The van der Waals surface area contributed by atoms with Crippen molar-refractivity contribution in [3.63, 3.8) is 0 Å². The molecule has 0 heterocycles. The van der Waals surface area contributed by atoms with Gasteiger partial charge in [-0.05, 0) is 58.0 Å². The molecule has 0 aromatic heterocycles. The van der Waals surface area contributed by atoms with E-state index in [9.17, 15) is 9.50 Å². The van der Waals surface area contributed by atoms with Gasteiger partial charge in [0.05, 0.1) is 11.8 Å². The van der Waals surface area contributed by atoms with Crippen molar-refractivity contribution in [2.75, 3.05) is 32.6 Å². The van der Waals surface area contributed by atoms with Gasteiger partial charge >= 0.3 is 0 Å². The number of rotatable bonds is 5. The van der Waals surface area contributed by atoms with Gasteiger partial charge in [-0.15, -0.1) is 0 Å². The van der Waals surface area contributed by atoms with Crippen molar-refractivity contribution >= 4 is 5.69 Å². The molecule has 4 heteroatoms. The third kappa shape index (κ3) is 2.81. The van der Waals surface area contributed by atoms with E-state index in [0.717, 1.165) is 19.4 Å². The minimum atomic E-state index is -0.636. The predicted molar refractivity (Wildman–Crippen MR) is 80.6 cm³/mol. The largest absolute Gasteiger partial charge is 0.389 e. The number of aliphatic hydroxyl groups is 1. The molecule has 1 aromatic carbocycles. The van der Waals surface area contributed by atoms with Crippen LogP contribution in [0.2, 0.25) is 0 Å². The number of anilines is 1. The van der Waals surface area contributed by atoms with Gasteiger partial charge in [-0.2, -0.15) is 0 Å². The smallest absolute Gasteiger partial charge is 0.146 e. The van der Waals surface area contributed by atoms with E-state index >= 15 is 0 Å². The Morgan fingerprint density at radius 1 is 1.30 bits per heavy atom. The second-order valence-electron chi connectivity index (χ2n) is 6.22. The second-order valence-corrected chi connectivity index (χ2v) is 6.22. The van der Waals surface area contributed by atoms with Crippen molar-refractivity contribution in [2.24, 2.45) is 0 Å². The van der Waals surface area contributed by atoms with E-state index in [4.69, 9.17) is 0 Å². The molecule has 1 aliphatic carbocycles. The van der Waals surface area contributed by atoms with Gasteiger partial charge in [0, 0.05) is 19.1 Å². The lowest BCUT2D eigenvalue weighted by Gasteiger charge is -2.49.